The first-order valence-electron chi connectivity index (χ1n) is 7.81. The number of anilines is 1. The smallest absolute Gasteiger partial charge is 0.185 e. The minimum absolute atomic E-state index is 0.625. The maximum atomic E-state index is 4.78. The SMILES string of the molecule is CCCNCc1sc(N2CCN(CC)C(C)C2)nc1C. The highest BCUT2D eigenvalue weighted by Crippen LogP contribution is 2.27. The predicted octanol–water partition coefficient (Wildman–Crippen LogP) is 2.48. The largest absolute Gasteiger partial charge is 0.345 e. The molecule has 1 atom stereocenters. The zero-order chi connectivity index (χ0) is 14.5. The van der Waals surface area contributed by atoms with Crippen LogP contribution in [0.5, 0.6) is 0 Å². The zero-order valence-corrected chi connectivity index (χ0v) is 14.1. The first-order valence-corrected chi connectivity index (χ1v) is 8.63. The van der Waals surface area contributed by atoms with E-state index in [9.17, 15) is 0 Å². The average Bonchev–Trinajstić information content (AvgIpc) is 2.80. The maximum absolute atomic E-state index is 4.78. The molecule has 1 aliphatic rings. The van der Waals surface area contributed by atoms with Crippen LogP contribution in [0.25, 0.3) is 0 Å². The van der Waals surface area contributed by atoms with Gasteiger partial charge in [-0.1, -0.05) is 13.8 Å². The summed E-state index contributed by atoms with van der Waals surface area (Å²) in [4.78, 5) is 11.2. The van der Waals surface area contributed by atoms with Gasteiger partial charge in [-0.3, -0.25) is 4.90 Å². The first kappa shape index (κ1) is 15.7. The molecule has 0 amide bonds. The minimum Gasteiger partial charge on any atom is -0.345 e. The Balaban J connectivity index is 1.97. The van der Waals surface area contributed by atoms with Crippen molar-refractivity contribution in [3.8, 4) is 0 Å². The lowest BCUT2D eigenvalue weighted by Crippen LogP contribution is -2.51. The van der Waals surface area contributed by atoms with Crippen LogP contribution < -0.4 is 10.2 Å². The third-order valence-electron chi connectivity index (χ3n) is 4.04. The van der Waals surface area contributed by atoms with E-state index >= 15 is 0 Å². The van der Waals surface area contributed by atoms with Gasteiger partial charge in [0.1, 0.15) is 0 Å². The van der Waals surface area contributed by atoms with Gasteiger partial charge in [0.25, 0.3) is 0 Å². The van der Waals surface area contributed by atoms with Gasteiger partial charge in [0.2, 0.25) is 0 Å². The lowest BCUT2D eigenvalue weighted by Gasteiger charge is -2.39. The second kappa shape index (κ2) is 7.38. The van der Waals surface area contributed by atoms with Gasteiger partial charge >= 0.3 is 0 Å². The second-order valence-corrected chi connectivity index (χ2v) is 6.67. The van der Waals surface area contributed by atoms with Crippen LogP contribution in [0.1, 0.15) is 37.8 Å². The molecule has 5 heteroatoms. The lowest BCUT2D eigenvalue weighted by molar-refractivity contribution is 0.199. The van der Waals surface area contributed by atoms with Crippen LogP contribution in [0.15, 0.2) is 0 Å². The standard InChI is InChI=1S/C15H28N4S/c1-5-7-16-10-14-13(4)17-15(20-14)19-9-8-18(6-2)12(3)11-19/h12,16H,5-11H2,1-4H3. The van der Waals surface area contributed by atoms with E-state index in [1.165, 1.54) is 22.1 Å². The number of hydrogen-bond donors (Lipinski definition) is 1. The van der Waals surface area contributed by atoms with Gasteiger partial charge in [0.05, 0.1) is 5.69 Å². The Kier molecular flexibility index (Phi) is 5.81. The summed E-state index contributed by atoms with van der Waals surface area (Å²) in [5, 5.41) is 4.68. The van der Waals surface area contributed by atoms with E-state index in [0.717, 1.165) is 39.3 Å². The molecule has 4 nitrogen and oxygen atoms in total. The van der Waals surface area contributed by atoms with Crippen molar-refractivity contribution in [3.05, 3.63) is 10.6 Å². The van der Waals surface area contributed by atoms with Crippen molar-refractivity contribution in [3.63, 3.8) is 0 Å². The van der Waals surface area contributed by atoms with Crippen LogP contribution in [0, 0.1) is 6.92 Å². The summed E-state index contributed by atoms with van der Waals surface area (Å²) < 4.78 is 0. The van der Waals surface area contributed by atoms with Crippen LogP contribution in [0.3, 0.4) is 0 Å². The molecule has 0 aliphatic carbocycles. The molecule has 20 heavy (non-hydrogen) atoms. The Labute approximate surface area is 127 Å². The fourth-order valence-electron chi connectivity index (χ4n) is 2.73. The van der Waals surface area contributed by atoms with Gasteiger partial charge < -0.3 is 10.2 Å². The number of nitrogens with one attached hydrogen (secondary N) is 1. The molecule has 2 rings (SSSR count). The summed E-state index contributed by atoms with van der Waals surface area (Å²) in [6.07, 6.45) is 1.18. The molecule has 0 spiro atoms. The molecule has 0 saturated carbocycles. The number of likely N-dealkylation sites (N-methyl/N-ethyl adjacent to an activating group) is 1. The maximum Gasteiger partial charge on any atom is 0.185 e. The Morgan fingerprint density at radius 3 is 2.80 bits per heavy atom. The topological polar surface area (TPSA) is 31.4 Å². The van der Waals surface area contributed by atoms with Crippen molar-refractivity contribution in [1.29, 1.82) is 0 Å². The van der Waals surface area contributed by atoms with Gasteiger partial charge in [-0.25, -0.2) is 4.98 Å². The Hall–Kier alpha value is -0.650. The highest BCUT2D eigenvalue weighted by molar-refractivity contribution is 7.15. The summed E-state index contributed by atoms with van der Waals surface area (Å²) >= 11 is 1.86. The van der Waals surface area contributed by atoms with Crippen molar-refractivity contribution in [2.75, 3.05) is 37.6 Å². The zero-order valence-electron chi connectivity index (χ0n) is 13.3. The molecular weight excluding hydrogens is 268 g/mol. The van der Waals surface area contributed by atoms with E-state index in [2.05, 4.69) is 42.8 Å². The molecule has 1 saturated heterocycles. The van der Waals surface area contributed by atoms with Crippen LogP contribution in [-0.4, -0.2) is 48.6 Å². The van der Waals surface area contributed by atoms with E-state index < -0.39 is 0 Å². The van der Waals surface area contributed by atoms with E-state index in [-0.39, 0.29) is 0 Å². The number of aryl methyl sites for hydroxylation is 1. The molecule has 1 N–H and O–H groups in total. The number of aromatic nitrogens is 1. The van der Waals surface area contributed by atoms with Crippen molar-refractivity contribution >= 4 is 16.5 Å². The first-order chi connectivity index (χ1) is 9.65. The number of rotatable bonds is 6. The average molecular weight is 296 g/mol. The molecule has 1 aliphatic heterocycles. The summed E-state index contributed by atoms with van der Waals surface area (Å²) in [6, 6.07) is 0.625. The fraction of sp³-hybridized carbons (Fsp3) is 0.800. The Morgan fingerprint density at radius 1 is 1.35 bits per heavy atom. The summed E-state index contributed by atoms with van der Waals surface area (Å²) in [5.41, 5.74) is 1.19. The number of hydrogen-bond acceptors (Lipinski definition) is 5. The molecule has 2 heterocycles. The molecule has 0 radical (unpaired) electrons. The minimum atomic E-state index is 0.625. The Bertz CT molecular complexity index is 418. The van der Waals surface area contributed by atoms with Crippen LogP contribution in [-0.2, 0) is 6.54 Å². The quantitative estimate of drug-likeness (QED) is 0.817. The van der Waals surface area contributed by atoms with E-state index in [0.29, 0.717) is 6.04 Å². The molecule has 1 unspecified atom stereocenters. The van der Waals surface area contributed by atoms with E-state index in [1.807, 2.05) is 11.3 Å². The number of thiazole rings is 1. The molecule has 1 aromatic rings. The van der Waals surface area contributed by atoms with Crippen molar-refractivity contribution in [1.82, 2.24) is 15.2 Å². The van der Waals surface area contributed by atoms with Crippen molar-refractivity contribution < 1.29 is 0 Å². The van der Waals surface area contributed by atoms with Gasteiger partial charge in [-0.15, -0.1) is 11.3 Å². The van der Waals surface area contributed by atoms with E-state index in [1.54, 1.807) is 0 Å². The normalized spacial score (nSPS) is 20.6. The van der Waals surface area contributed by atoms with Crippen molar-refractivity contribution in [2.24, 2.45) is 0 Å². The second-order valence-electron chi connectivity index (χ2n) is 5.61. The van der Waals surface area contributed by atoms with Gasteiger partial charge in [-0.05, 0) is 33.4 Å². The van der Waals surface area contributed by atoms with Gasteiger partial charge in [0, 0.05) is 37.1 Å². The Morgan fingerprint density at radius 2 is 2.15 bits per heavy atom. The molecular formula is C15H28N4S. The third kappa shape index (κ3) is 3.71. The lowest BCUT2D eigenvalue weighted by atomic mass is 10.2. The number of nitrogens with zero attached hydrogens (tertiary/aromatic N) is 3. The van der Waals surface area contributed by atoms with Crippen LogP contribution >= 0.6 is 11.3 Å². The summed E-state index contributed by atoms with van der Waals surface area (Å²) in [7, 11) is 0. The van der Waals surface area contributed by atoms with E-state index in [4.69, 9.17) is 4.98 Å². The monoisotopic (exact) mass is 296 g/mol. The molecule has 1 fully saturated rings. The van der Waals surface area contributed by atoms with Crippen LogP contribution in [0.2, 0.25) is 0 Å². The van der Waals surface area contributed by atoms with Crippen molar-refractivity contribution in [2.45, 2.75) is 46.7 Å². The van der Waals surface area contributed by atoms with Gasteiger partial charge in [0.15, 0.2) is 5.13 Å². The number of piperazine rings is 1. The molecule has 0 bridgehead atoms. The third-order valence-corrected chi connectivity index (χ3v) is 5.25. The van der Waals surface area contributed by atoms with Gasteiger partial charge in [-0.2, -0.15) is 0 Å². The summed E-state index contributed by atoms with van der Waals surface area (Å²) in [6.45, 7) is 15.5. The molecule has 1 aromatic heterocycles. The predicted molar refractivity (Wildman–Crippen MR) is 87.8 cm³/mol. The highest BCUT2D eigenvalue weighted by Gasteiger charge is 2.24. The molecule has 0 aromatic carbocycles. The molecule has 114 valence electrons. The van der Waals surface area contributed by atoms with Crippen LogP contribution in [0.4, 0.5) is 5.13 Å². The highest BCUT2D eigenvalue weighted by atomic mass is 32.1. The fourth-order valence-corrected chi connectivity index (χ4v) is 3.79. The summed E-state index contributed by atoms with van der Waals surface area (Å²) in [5.74, 6) is 0.